The Bertz CT molecular complexity index is 1130. The predicted octanol–water partition coefficient (Wildman–Crippen LogP) is 3.64. The third kappa shape index (κ3) is 2.93. The summed E-state index contributed by atoms with van der Waals surface area (Å²) in [5, 5.41) is 17.0. The number of nitrogens with zero attached hydrogens (tertiary/aromatic N) is 5. The molecule has 0 amide bonds. The van der Waals surface area contributed by atoms with Crippen molar-refractivity contribution in [3.05, 3.63) is 57.7 Å². The lowest BCUT2D eigenvalue weighted by Crippen LogP contribution is -1.93. The second-order valence-corrected chi connectivity index (χ2v) is 6.18. The smallest absolute Gasteiger partial charge is 0.400 e. The molecule has 3 heterocycles. The molecular formula is C16H12N6O3S. The molecule has 0 aliphatic carbocycles. The Kier molecular flexibility index (Phi) is 3.93. The molecule has 0 atom stereocenters. The zero-order valence-electron chi connectivity index (χ0n) is 13.5. The van der Waals surface area contributed by atoms with Crippen LogP contribution in [0.15, 0.2) is 51.3 Å². The van der Waals surface area contributed by atoms with Gasteiger partial charge in [0.15, 0.2) is 11.6 Å². The van der Waals surface area contributed by atoms with E-state index in [9.17, 15) is 10.1 Å². The van der Waals surface area contributed by atoms with E-state index in [4.69, 9.17) is 4.42 Å². The average Bonchev–Trinajstić information content (AvgIpc) is 3.35. The first-order chi connectivity index (χ1) is 12.6. The number of nitro groups is 1. The monoisotopic (exact) mass is 368 g/mol. The average molecular weight is 368 g/mol. The number of furan rings is 1. The van der Waals surface area contributed by atoms with Gasteiger partial charge in [-0.2, -0.15) is 5.10 Å². The molecular weight excluding hydrogens is 356 g/mol. The van der Waals surface area contributed by atoms with Crippen molar-refractivity contribution in [2.75, 3.05) is 5.43 Å². The van der Waals surface area contributed by atoms with Gasteiger partial charge >= 0.3 is 5.88 Å². The van der Waals surface area contributed by atoms with Gasteiger partial charge in [0.05, 0.1) is 23.3 Å². The number of fused-ring (bicyclic) bond motifs is 1. The summed E-state index contributed by atoms with van der Waals surface area (Å²) in [6.07, 6.45) is 1.35. The number of nitrogens with one attached hydrogen (secondary N) is 1. The third-order valence-corrected chi connectivity index (χ3v) is 4.41. The molecule has 0 unspecified atom stereocenters. The quantitative estimate of drug-likeness (QED) is 0.327. The van der Waals surface area contributed by atoms with Crippen LogP contribution < -0.4 is 5.43 Å². The van der Waals surface area contributed by atoms with Crippen molar-refractivity contribution in [3.63, 3.8) is 0 Å². The van der Waals surface area contributed by atoms with Crippen molar-refractivity contribution in [2.24, 2.45) is 12.1 Å². The number of benzene rings is 1. The maximum absolute atomic E-state index is 10.6. The molecule has 26 heavy (non-hydrogen) atoms. The normalized spacial score (nSPS) is 11.4. The number of anilines is 1. The van der Waals surface area contributed by atoms with Crippen LogP contribution in [-0.2, 0) is 7.05 Å². The minimum absolute atomic E-state index is 0.274. The highest BCUT2D eigenvalue weighted by Gasteiger charge is 2.13. The molecule has 0 fully saturated rings. The first-order valence-corrected chi connectivity index (χ1v) is 8.40. The SMILES string of the molecule is Cn1c(-c2csc(N/N=C\c3ccc([N+](=O)[O-])o3)n2)nc2ccccc21. The second-order valence-electron chi connectivity index (χ2n) is 5.32. The molecule has 10 heteroatoms. The van der Waals surface area contributed by atoms with Gasteiger partial charge in [0.2, 0.25) is 5.13 Å². The Morgan fingerprint density at radius 1 is 1.31 bits per heavy atom. The van der Waals surface area contributed by atoms with E-state index in [1.54, 1.807) is 0 Å². The van der Waals surface area contributed by atoms with Gasteiger partial charge in [-0.1, -0.05) is 12.1 Å². The molecule has 4 aromatic rings. The second kappa shape index (κ2) is 6.41. The zero-order valence-corrected chi connectivity index (χ0v) is 14.3. The highest BCUT2D eigenvalue weighted by atomic mass is 32.1. The highest BCUT2D eigenvalue weighted by Crippen LogP contribution is 2.27. The van der Waals surface area contributed by atoms with Gasteiger partial charge in [0, 0.05) is 12.4 Å². The van der Waals surface area contributed by atoms with Gasteiger partial charge in [-0.25, -0.2) is 9.97 Å². The van der Waals surface area contributed by atoms with E-state index in [0.29, 0.717) is 5.13 Å². The van der Waals surface area contributed by atoms with Crippen LogP contribution in [-0.4, -0.2) is 25.7 Å². The van der Waals surface area contributed by atoms with E-state index in [1.807, 2.05) is 41.3 Å². The van der Waals surface area contributed by atoms with E-state index >= 15 is 0 Å². The number of hydrogen-bond acceptors (Lipinski definition) is 8. The molecule has 4 rings (SSSR count). The Hall–Kier alpha value is -3.53. The number of para-hydroxylation sites is 2. The van der Waals surface area contributed by atoms with Crippen molar-refractivity contribution < 1.29 is 9.34 Å². The van der Waals surface area contributed by atoms with Crippen LogP contribution in [0.2, 0.25) is 0 Å². The summed E-state index contributed by atoms with van der Waals surface area (Å²) in [5.41, 5.74) is 5.46. The number of rotatable bonds is 5. The fourth-order valence-corrected chi connectivity index (χ4v) is 3.10. The summed E-state index contributed by atoms with van der Waals surface area (Å²) in [7, 11) is 1.94. The van der Waals surface area contributed by atoms with Crippen LogP contribution in [0.25, 0.3) is 22.6 Å². The lowest BCUT2D eigenvalue weighted by molar-refractivity contribution is -0.402. The van der Waals surface area contributed by atoms with Crippen molar-refractivity contribution >= 4 is 39.6 Å². The fourth-order valence-electron chi connectivity index (χ4n) is 2.46. The maximum Gasteiger partial charge on any atom is 0.433 e. The number of aromatic nitrogens is 3. The predicted molar refractivity (Wildman–Crippen MR) is 98.4 cm³/mol. The van der Waals surface area contributed by atoms with Gasteiger partial charge in [-0.3, -0.25) is 15.5 Å². The highest BCUT2D eigenvalue weighted by molar-refractivity contribution is 7.14. The Morgan fingerprint density at radius 3 is 2.92 bits per heavy atom. The third-order valence-electron chi connectivity index (χ3n) is 3.66. The van der Waals surface area contributed by atoms with E-state index < -0.39 is 4.92 Å². The van der Waals surface area contributed by atoms with Gasteiger partial charge in [0.25, 0.3) is 0 Å². The van der Waals surface area contributed by atoms with Crippen LogP contribution in [0.1, 0.15) is 5.76 Å². The first kappa shape index (κ1) is 16.0. The van der Waals surface area contributed by atoms with Gasteiger partial charge in [0.1, 0.15) is 10.6 Å². The maximum atomic E-state index is 10.6. The van der Waals surface area contributed by atoms with Crippen molar-refractivity contribution in [3.8, 4) is 11.5 Å². The molecule has 0 saturated heterocycles. The lowest BCUT2D eigenvalue weighted by Gasteiger charge is -1.98. The first-order valence-electron chi connectivity index (χ1n) is 7.52. The Labute approximate surface area is 150 Å². The standard InChI is InChI=1S/C16H12N6O3S/c1-21-13-5-3-2-4-11(13)18-15(21)12-9-26-16(19-12)20-17-8-10-6-7-14(25-10)22(23)24/h2-9H,1H3,(H,19,20)/b17-8-. The molecule has 0 radical (unpaired) electrons. The minimum Gasteiger partial charge on any atom is -0.400 e. The van der Waals surface area contributed by atoms with Crippen molar-refractivity contribution in [2.45, 2.75) is 0 Å². The molecule has 0 aliphatic heterocycles. The summed E-state index contributed by atoms with van der Waals surface area (Å²) >= 11 is 1.38. The molecule has 130 valence electrons. The van der Waals surface area contributed by atoms with Crippen LogP contribution in [0.4, 0.5) is 11.0 Å². The van der Waals surface area contributed by atoms with Crippen LogP contribution in [0.3, 0.4) is 0 Å². The molecule has 1 N–H and O–H groups in total. The molecule has 0 saturated carbocycles. The summed E-state index contributed by atoms with van der Waals surface area (Å²) in [4.78, 5) is 19.0. The van der Waals surface area contributed by atoms with Crippen molar-refractivity contribution in [1.29, 1.82) is 0 Å². The van der Waals surface area contributed by atoms with Crippen LogP contribution in [0.5, 0.6) is 0 Å². The van der Waals surface area contributed by atoms with Crippen molar-refractivity contribution in [1.82, 2.24) is 14.5 Å². The molecule has 3 aromatic heterocycles. The minimum atomic E-state index is -0.602. The van der Waals surface area contributed by atoms with E-state index in [-0.39, 0.29) is 11.6 Å². The van der Waals surface area contributed by atoms with Crippen LogP contribution >= 0.6 is 11.3 Å². The molecule has 0 spiro atoms. The largest absolute Gasteiger partial charge is 0.433 e. The number of imidazole rings is 1. The Morgan fingerprint density at radius 2 is 2.15 bits per heavy atom. The number of aryl methyl sites for hydroxylation is 1. The fraction of sp³-hybridized carbons (Fsp3) is 0.0625. The van der Waals surface area contributed by atoms with Gasteiger partial charge in [-0.15, -0.1) is 11.3 Å². The zero-order chi connectivity index (χ0) is 18.1. The number of thiazole rings is 1. The molecule has 9 nitrogen and oxygen atoms in total. The summed E-state index contributed by atoms with van der Waals surface area (Å²) < 4.78 is 6.97. The van der Waals surface area contributed by atoms with Crippen LogP contribution in [0, 0.1) is 10.1 Å². The van der Waals surface area contributed by atoms with E-state index in [1.165, 1.54) is 29.7 Å². The molecule has 0 aliphatic rings. The molecule has 1 aromatic carbocycles. The molecule has 0 bridgehead atoms. The van der Waals surface area contributed by atoms with Gasteiger partial charge < -0.3 is 8.98 Å². The lowest BCUT2D eigenvalue weighted by atomic mass is 10.3. The van der Waals surface area contributed by atoms with E-state index in [2.05, 4.69) is 20.5 Å². The van der Waals surface area contributed by atoms with E-state index in [0.717, 1.165) is 22.6 Å². The Balaban J connectivity index is 1.51. The number of hydrazone groups is 1. The summed E-state index contributed by atoms with van der Waals surface area (Å²) in [5.74, 6) is 0.710. The summed E-state index contributed by atoms with van der Waals surface area (Å²) in [6, 6.07) is 10.6. The summed E-state index contributed by atoms with van der Waals surface area (Å²) in [6.45, 7) is 0. The topological polar surface area (TPSA) is 111 Å². The van der Waals surface area contributed by atoms with Gasteiger partial charge in [-0.05, 0) is 18.2 Å². The number of hydrogen-bond donors (Lipinski definition) is 1.